The summed E-state index contributed by atoms with van der Waals surface area (Å²) in [6.07, 6.45) is 3.40. The van der Waals surface area contributed by atoms with Crippen molar-refractivity contribution < 1.29 is 4.52 Å². The summed E-state index contributed by atoms with van der Waals surface area (Å²) in [5, 5.41) is 3.54. The highest BCUT2D eigenvalue weighted by Crippen LogP contribution is 2.20. The van der Waals surface area contributed by atoms with Crippen molar-refractivity contribution in [1.82, 2.24) is 10.1 Å². The quantitative estimate of drug-likeness (QED) is 0.654. The molecule has 0 atom stereocenters. The molecule has 0 radical (unpaired) electrons. The van der Waals surface area contributed by atoms with Gasteiger partial charge in [0.1, 0.15) is 0 Å². The van der Waals surface area contributed by atoms with E-state index in [-0.39, 0.29) is 0 Å². The zero-order chi connectivity index (χ0) is 8.32. The van der Waals surface area contributed by atoms with E-state index < -0.39 is 0 Å². The topological polar surface area (TPSA) is 38.9 Å². The van der Waals surface area contributed by atoms with Gasteiger partial charge in [0.05, 0.1) is 0 Å². The Hall–Kier alpha value is -0.860. The van der Waals surface area contributed by atoms with Crippen LogP contribution in [0.1, 0.15) is 33.1 Å². The van der Waals surface area contributed by atoms with E-state index in [2.05, 4.69) is 30.9 Å². The number of aryl methyl sites for hydroxylation is 1. The third-order valence-corrected chi connectivity index (χ3v) is 1.50. The molecule has 0 aromatic carbocycles. The van der Waals surface area contributed by atoms with Crippen molar-refractivity contribution in [1.29, 1.82) is 0 Å². The minimum Gasteiger partial charge on any atom is -0.340 e. The molecular formula is C8H14N2O. The van der Waals surface area contributed by atoms with Crippen LogP contribution in [0.5, 0.6) is 0 Å². The van der Waals surface area contributed by atoms with Gasteiger partial charge in [0.2, 0.25) is 5.89 Å². The largest absolute Gasteiger partial charge is 0.340 e. The van der Waals surface area contributed by atoms with Gasteiger partial charge in [-0.3, -0.25) is 0 Å². The predicted molar refractivity (Wildman–Crippen MR) is 42.1 cm³/mol. The van der Waals surface area contributed by atoms with Gasteiger partial charge in [-0.2, -0.15) is 4.98 Å². The van der Waals surface area contributed by atoms with E-state index in [4.69, 9.17) is 4.52 Å². The SMILES string of the molecule is CC(C)(C)CCc1ncno1. The summed E-state index contributed by atoms with van der Waals surface area (Å²) in [5.41, 5.74) is 0.342. The summed E-state index contributed by atoms with van der Waals surface area (Å²) in [7, 11) is 0. The molecule has 0 fully saturated rings. The lowest BCUT2D eigenvalue weighted by molar-refractivity contribution is 0.327. The lowest BCUT2D eigenvalue weighted by Crippen LogP contribution is -2.06. The predicted octanol–water partition coefficient (Wildman–Crippen LogP) is 2.05. The molecule has 1 rings (SSSR count). The maximum Gasteiger partial charge on any atom is 0.226 e. The highest BCUT2D eigenvalue weighted by molar-refractivity contribution is 4.77. The zero-order valence-electron chi connectivity index (χ0n) is 7.29. The van der Waals surface area contributed by atoms with Gasteiger partial charge in [0, 0.05) is 6.42 Å². The normalized spacial score (nSPS) is 11.9. The van der Waals surface area contributed by atoms with E-state index in [1.165, 1.54) is 6.33 Å². The molecule has 1 aromatic heterocycles. The Balaban J connectivity index is 2.35. The number of hydrogen-bond donors (Lipinski definition) is 0. The molecule has 11 heavy (non-hydrogen) atoms. The Morgan fingerprint density at radius 3 is 2.64 bits per heavy atom. The Morgan fingerprint density at radius 1 is 1.45 bits per heavy atom. The van der Waals surface area contributed by atoms with Gasteiger partial charge in [0.25, 0.3) is 0 Å². The molecule has 0 amide bonds. The van der Waals surface area contributed by atoms with Crippen LogP contribution in [-0.2, 0) is 6.42 Å². The molecule has 0 aliphatic rings. The first-order valence-electron chi connectivity index (χ1n) is 3.83. The summed E-state index contributed by atoms with van der Waals surface area (Å²) >= 11 is 0. The Bertz CT molecular complexity index is 198. The van der Waals surface area contributed by atoms with Crippen molar-refractivity contribution in [2.24, 2.45) is 5.41 Å². The molecule has 0 saturated heterocycles. The van der Waals surface area contributed by atoms with Gasteiger partial charge >= 0.3 is 0 Å². The van der Waals surface area contributed by atoms with Crippen LogP contribution in [0, 0.1) is 5.41 Å². The fourth-order valence-electron chi connectivity index (χ4n) is 0.788. The van der Waals surface area contributed by atoms with Gasteiger partial charge in [-0.05, 0) is 11.8 Å². The minimum atomic E-state index is 0.342. The summed E-state index contributed by atoms with van der Waals surface area (Å²) in [4.78, 5) is 3.94. The summed E-state index contributed by atoms with van der Waals surface area (Å²) in [5.74, 6) is 0.736. The molecule has 0 aliphatic carbocycles. The second kappa shape index (κ2) is 3.03. The molecule has 1 aromatic rings. The van der Waals surface area contributed by atoms with E-state index in [1.807, 2.05) is 0 Å². The van der Waals surface area contributed by atoms with E-state index in [0.717, 1.165) is 18.7 Å². The van der Waals surface area contributed by atoms with Gasteiger partial charge in [-0.15, -0.1) is 0 Å². The Morgan fingerprint density at radius 2 is 2.18 bits per heavy atom. The van der Waals surface area contributed by atoms with Gasteiger partial charge in [0.15, 0.2) is 6.33 Å². The molecular weight excluding hydrogens is 140 g/mol. The van der Waals surface area contributed by atoms with Crippen molar-refractivity contribution in [2.45, 2.75) is 33.6 Å². The van der Waals surface area contributed by atoms with Crippen LogP contribution < -0.4 is 0 Å². The lowest BCUT2D eigenvalue weighted by atomic mass is 9.91. The fourth-order valence-corrected chi connectivity index (χ4v) is 0.788. The van der Waals surface area contributed by atoms with Crippen LogP contribution in [0.4, 0.5) is 0 Å². The van der Waals surface area contributed by atoms with E-state index in [1.54, 1.807) is 0 Å². The molecule has 0 spiro atoms. The minimum absolute atomic E-state index is 0.342. The van der Waals surface area contributed by atoms with Gasteiger partial charge in [-0.1, -0.05) is 25.9 Å². The van der Waals surface area contributed by atoms with Crippen LogP contribution in [0.15, 0.2) is 10.9 Å². The van der Waals surface area contributed by atoms with Crippen LogP contribution in [0.25, 0.3) is 0 Å². The monoisotopic (exact) mass is 154 g/mol. The number of aromatic nitrogens is 2. The van der Waals surface area contributed by atoms with Crippen molar-refractivity contribution >= 4 is 0 Å². The first-order valence-corrected chi connectivity index (χ1v) is 3.83. The van der Waals surface area contributed by atoms with E-state index in [9.17, 15) is 0 Å². The summed E-state index contributed by atoms with van der Waals surface area (Å²) < 4.78 is 4.87. The lowest BCUT2D eigenvalue weighted by Gasteiger charge is -2.15. The average Bonchev–Trinajstić information content (AvgIpc) is 2.32. The molecule has 3 heteroatoms. The molecule has 0 N–H and O–H groups in total. The zero-order valence-corrected chi connectivity index (χ0v) is 7.29. The molecule has 0 saturated carbocycles. The highest BCUT2D eigenvalue weighted by atomic mass is 16.5. The third kappa shape index (κ3) is 3.16. The maximum absolute atomic E-state index is 4.87. The van der Waals surface area contributed by atoms with Gasteiger partial charge < -0.3 is 4.52 Å². The molecule has 1 heterocycles. The van der Waals surface area contributed by atoms with Crippen LogP contribution in [0.3, 0.4) is 0 Å². The molecule has 62 valence electrons. The summed E-state index contributed by atoms with van der Waals surface area (Å²) in [6, 6.07) is 0. The number of hydrogen-bond acceptors (Lipinski definition) is 3. The first kappa shape index (κ1) is 8.24. The third-order valence-electron chi connectivity index (χ3n) is 1.50. The standard InChI is InChI=1S/C8H14N2O/c1-8(2,3)5-4-7-9-6-10-11-7/h6H,4-5H2,1-3H3. The van der Waals surface area contributed by atoms with Crippen molar-refractivity contribution in [3.8, 4) is 0 Å². The number of rotatable bonds is 2. The molecule has 0 unspecified atom stereocenters. The summed E-state index contributed by atoms with van der Waals surface area (Å²) in [6.45, 7) is 6.59. The van der Waals surface area contributed by atoms with Crippen LogP contribution in [0.2, 0.25) is 0 Å². The van der Waals surface area contributed by atoms with Crippen LogP contribution in [-0.4, -0.2) is 10.1 Å². The molecule has 0 aliphatic heterocycles. The van der Waals surface area contributed by atoms with E-state index >= 15 is 0 Å². The second-order valence-corrected chi connectivity index (χ2v) is 3.90. The van der Waals surface area contributed by atoms with Crippen LogP contribution >= 0.6 is 0 Å². The van der Waals surface area contributed by atoms with Crippen molar-refractivity contribution in [3.05, 3.63) is 12.2 Å². The molecule has 3 nitrogen and oxygen atoms in total. The van der Waals surface area contributed by atoms with Gasteiger partial charge in [-0.25, -0.2) is 0 Å². The Labute approximate surface area is 66.8 Å². The highest BCUT2D eigenvalue weighted by Gasteiger charge is 2.11. The second-order valence-electron chi connectivity index (χ2n) is 3.90. The smallest absolute Gasteiger partial charge is 0.226 e. The fraction of sp³-hybridized carbons (Fsp3) is 0.750. The molecule has 0 bridgehead atoms. The van der Waals surface area contributed by atoms with E-state index in [0.29, 0.717) is 5.41 Å². The first-order chi connectivity index (χ1) is 5.08. The maximum atomic E-state index is 4.87. The van der Waals surface area contributed by atoms with Crippen molar-refractivity contribution in [3.63, 3.8) is 0 Å². The van der Waals surface area contributed by atoms with Crippen molar-refractivity contribution in [2.75, 3.05) is 0 Å². The average molecular weight is 154 g/mol. The number of nitrogens with zero attached hydrogens (tertiary/aromatic N) is 2. The Kier molecular flexibility index (Phi) is 2.27.